The Labute approximate surface area is 116 Å². The summed E-state index contributed by atoms with van der Waals surface area (Å²) in [4.78, 5) is 0. The van der Waals surface area contributed by atoms with Crippen molar-refractivity contribution in [3.63, 3.8) is 0 Å². The van der Waals surface area contributed by atoms with E-state index in [4.69, 9.17) is 0 Å². The lowest BCUT2D eigenvalue weighted by Gasteiger charge is -2.09. The number of rotatable bonds is 6. The third-order valence-electron chi connectivity index (χ3n) is 3.28. The number of nitrogens with one attached hydrogen (secondary N) is 1. The monoisotopic (exact) mass is 284 g/mol. The Morgan fingerprint density at radius 2 is 2.00 bits per heavy atom. The summed E-state index contributed by atoms with van der Waals surface area (Å²) in [5, 5.41) is 4.35. The summed E-state index contributed by atoms with van der Waals surface area (Å²) in [5.74, 6) is 0. The summed E-state index contributed by atoms with van der Waals surface area (Å²) in [7, 11) is 0. The van der Waals surface area contributed by atoms with E-state index >= 15 is 0 Å². The maximum absolute atomic E-state index is 12.3. The van der Waals surface area contributed by atoms with Crippen molar-refractivity contribution < 1.29 is 13.2 Å². The van der Waals surface area contributed by atoms with Crippen molar-refractivity contribution in [1.29, 1.82) is 0 Å². The van der Waals surface area contributed by atoms with Gasteiger partial charge in [0.1, 0.15) is 0 Å². The summed E-state index contributed by atoms with van der Waals surface area (Å²) in [6.07, 6.45) is -2.12. The molecule has 0 atom stereocenters. The number of benzene rings is 1. The van der Waals surface area contributed by atoms with Gasteiger partial charge in [0.05, 0.1) is 6.42 Å². The molecule has 0 unspecified atom stereocenters. The number of aromatic nitrogens is 1. The molecule has 0 aliphatic heterocycles. The molecular weight excluding hydrogens is 265 g/mol. The van der Waals surface area contributed by atoms with Crippen molar-refractivity contribution in [3.8, 4) is 0 Å². The van der Waals surface area contributed by atoms with Crippen molar-refractivity contribution >= 4 is 10.9 Å². The highest BCUT2D eigenvalue weighted by Crippen LogP contribution is 2.24. The van der Waals surface area contributed by atoms with Gasteiger partial charge in [-0.25, -0.2) is 0 Å². The van der Waals surface area contributed by atoms with Crippen molar-refractivity contribution in [2.24, 2.45) is 0 Å². The van der Waals surface area contributed by atoms with E-state index in [1.807, 2.05) is 24.3 Å². The van der Waals surface area contributed by atoms with Gasteiger partial charge in [-0.05, 0) is 30.7 Å². The normalized spacial score (nSPS) is 12.2. The van der Waals surface area contributed by atoms with Gasteiger partial charge in [0.2, 0.25) is 0 Å². The van der Waals surface area contributed by atoms with Gasteiger partial charge >= 0.3 is 6.18 Å². The second kappa shape index (κ2) is 6.31. The number of aryl methyl sites for hydroxylation is 1. The van der Waals surface area contributed by atoms with E-state index in [1.54, 1.807) is 10.8 Å². The molecule has 0 bridgehead atoms. The van der Waals surface area contributed by atoms with E-state index in [9.17, 15) is 13.2 Å². The van der Waals surface area contributed by atoms with Crippen LogP contribution in [-0.4, -0.2) is 17.3 Å². The summed E-state index contributed by atoms with van der Waals surface area (Å²) in [6.45, 7) is 3.75. The molecule has 2 rings (SSSR count). The second-order valence-electron chi connectivity index (χ2n) is 4.90. The molecule has 2 aromatic rings. The fourth-order valence-electron chi connectivity index (χ4n) is 2.28. The van der Waals surface area contributed by atoms with Crippen LogP contribution in [0.5, 0.6) is 0 Å². The van der Waals surface area contributed by atoms with Crippen LogP contribution in [0.4, 0.5) is 13.2 Å². The first-order valence-electron chi connectivity index (χ1n) is 6.85. The van der Waals surface area contributed by atoms with Crippen molar-refractivity contribution in [1.82, 2.24) is 9.88 Å². The molecule has 0 radical (unpaired) electrons. The smallest absolute Gasteiger partial charge is 0.347 e. The molecule has 1 heterocycles. The van der Waals surface area contributed by atoms with E-state index in [0.29, 0.717) is 0 Å². The van der Waals surface area contributed by atoms with Crippen LogP contribution in [0.2, 0.25) is 0 Å². The number of halogens is 3. The SMILES string of the molecule is CCCNCc1cccc2c1ccn2CCC(F)(F)F. The van der Waals surface area contributed by atoms with Crippen LogP contribution >= 0.6 is 0 Å². The molecule has 5 heteroatoms. The minimum atomic E-state index is -4.11. The zero-order chi connectivity index (χ0) is 14.6. The van der Waals surface area contributed by atoms with Crippen LogP contribution in [0, 0.1) is 0 Å². The van der Waals surface area contributed by atoms with Crippen molar-refractivity contribution in [3.05, 3.63) is 36.0 Å². The quantitative estimate of drug-likeness (QED) is 0.790. The molecule has 0 aliphatic rings. The van der Waals surface area contributed by atoms with Gasteiger partial charge in [0, 0.05) is 30.2 Å². The predicted octanol–water partition coefficient (Wildman–Crippen LogP) is 4.09. The zero-order valence-corrected chi connectivity index (χ0v) is 11.5. The number of alkyl halides is 3. The Balaban J connectivity index is 2.16. The molecular formula is C15H19F3N2. The van der Waals surface area contributed by atoms with E-state index < -0.39 is 12.6 Å². The van der Waals surface area contributed by atoms with Gasteiger partial charge in [0.25, 0.3) is 0 Å². The molecule has 1 aromatic heterocycles. The highest BCUT2D eigenvalue weighted by atomic mass is 19.4. The molecule has 110 valence electrons. The van der Waals surface area contributed by atoms with Crippen LogP contribution in [0.25, 0.3) is 10.9 Å². The summed E-state index contributed by atoms with van der Waals surface area (Å²) in [5.41, 5.74) is 1.99. The van der Waals surface area contributed by atoms with Crippen LogP contribution < -0.4 is 5.32 Å². The summed E-state index contributed by atoms with van der Waals surface area (Å²) >= 11 is 0. The summed E-state index contributed by atoms with van der Waals surface area (Å²) in [6, 6.07) is 7.68. The first-order chi connectivity index (χ1) is 9.51. The van der Waals surface area contributed by atoms with Crippen LogP contribution in [0.1, 0.15) is 25.3 Å². The highest BCUT2D eigenvalue weighted by Gasteiger charge is 2.26. The molecule has 0 aliphatic carbocycles. The first kappa shape index (κ1) is 14.9. The van der Waals surface area contributed by atoms with Crippen LogP contribution in [-0.2, 0) is 13.1 Å². The lowest BCUT2D eigenvalue weighted by Crippen LogP contribution is -2.14. The van der Waals surface area contributed by atoms with Crippen molar-refractivity contribution in [2.45, 2.75) is 39.0 Å². The maximum Gasteiger partial charge on any atom is 0.390 e. The summed E-state index contributed by atoms with van der Waals surface area (Å²) < 4.78 is 38.6. The van der Waals surface area contributed by atoms with E-state index in [0.717, 1.165) is 36.0 Å². The van der Waals surface area contributed by atoms with E-state index in [-0.39, 0.29) is 6.54 Å². The van der Waals surface area contributed by atoms with E-state index in [2.05, 4.69) is 12.2 Å². The van der Waals surface area contributed by atoms with Crippen LogP contribution in [0.15, 0.2) is 30.5 Å². The number of hydrogen-bond acceptors (Lipinski definition) is 1. The Kier molecular flexibility index (Phi) is 4.70. The van der Waals surface area contributed by atoms with Crippen LogP contribution in [0.3, 0.4) is 0 Å². The zero-order valence-electron chi connectivity index (χ0n) is 11.5. The Morgan fingerprint density at radius 1 is 1.20 bits per heavy atom. The largest absolute Gasteiger partial charge is 0.390 e. The lowest BCUT2D eigenvalue weighted by atomic mass is 10.1. The topological polar surface area (TPSA) is 17.0 Å². The molecule has 0 fully saturated rings. The van der Waals surface area contributed by atoms with Crippen molar-refractivity contribution in [2.75, 3.05) is 6.54 Å². The molecule has 0 amide bonds. The molecule has 0 spiro atoms. The fourth-order valence-corrected chi connectivity index (χ4v) is 2.28. The minimum absolute atomic E-state index is 0.0289. The van der Waals surface area contributed by atoms with Gasteiger partial charge in [-0.3, -0.25) is 0 Å². The molecule has 1 N–H and O–H groups in total. The average molecular weight is 284 g/mol. The molecule has 0 saturated heterocycles. The minimum Gasteiger partial charge on any atom is -0.347 e. The van der Waals surface area contributed by atoms with Gasteiger partial charge < -0.3 is 9.88 Å². The van der Waals surface area contributed by atoms with Gasteiger partial charge in [0.15, 0.2) is 0 Å². The Morgan fingerprint density at radius 3 is 2.70 bits per heavy atom. The Bertz CT molecular complexity index is 558. The molecule has 1 aromatic carbocycles. The van der Waals surface area contributed by atoms with Gasteiger partial charge in [-0.2, -0.15) is 13.2 Å². The maximum atomic E-state index is 12.3. The molecule has 0 saturated carbocycles. The first-order valence-corrected chi connectivity index (χ1v) is 6.85. The predicted molar refractivity (Wildman–Crippen MR) is 74.6 cm³/mol. The Hall–Kier alpha value is -1.49. The number of fused-ring (bicyclic) bond motifs is 1. The molecule has 2 nitrogen and oxygen atoms in total. The third-order valence-corrected chi connectivity index (χ3v) is 3.28. The fraction of sp³-hybridized carbons (Fsp3) is 0.467. The average Bonchev–Trinajstić information content (AvgIpc) is 2.80. The van der Waals surface area contributed by atoms with E-state index in [1.165, 1.54) is 0 Å². The number of hydrogen-bond donors (Lipinski definition) is 1. The third kappa shape index (κ3) is 3.76. The second-order valence-corrected chi connectivity index (χ2v) is 4.90. The lowest BCUT2D eigenvalue weighted by molar-refractivity contribution is -0.136. The van der Waals surface area contributed by atoms with Gasteiger partial charge in [-0.15, -0.1) is 0 Å². The standard InChI is InChI=1S/C15H19F3N2/c1-2-8-19-11-12-4-3-5-14-13(12)6-9-20(14)10-7-15(16,17)18/h3-6,9,19H,2,7-8,10-11H2,1H3. The highest BCUT2D eigenvalue weighted by molar-refractivity contribution is 5.83. The van der Waals surface area contributed by atoms with Gasteiger partial charge in [-0.1, -0.05) is 19.1 Å². The molecule has 20 heavy (non-hydrogen) atoms. The number of nitrogens with zero attached hydrogens (tertiary/aromatic N) is 1.